The summed E-state index contributed by atoms with van der Waals surface area (Å²) in [4.78, 5) is 18.5. The van der Waals surface area contributed by atoms with Gasteiger partial charge >= 0.3 is 0 Å². The minimum Gasteiger partial charge on any atom is -0.322 e. The highest BCUT2D eigenvalue weighted by Crippen LogP contribution is 2.32. The first-order chi connectivity index (χ1) is 12.6. The van der Waals surface area contributed by atoms with Crippen LogP contribution in [0.3, 0.4) is 0 Å². The zero-order valence-electron chi connectivity index (χ0n) is 13.4. The van der Waals surface area contributed by atoms with E-state index < -0.39 is 0 Å². The summed E-state index contributed by atoms with van der Waals surface area (Å²) in [6, 6.07) is 20.2. The summed E-state index contributed by atoms with van der Waals surface area (Å²) < 4.78 is 0.680. The number of thiophene rings is 1. The number of pyridine rings is 1. The summed E-state index contributed by atoms with van der Waals surface area (Å²) in [7, 11) is 0. The number of amides is 1. The average Bonchev–Trinajstić information content (AvgIpc) is 3.07. The Balaban J connectivity index is 1.81. The Hall–Kier alpha value is -2.40. The molecular weight excluding hydrogens is 387 g/mol. The highest BCUT2D eigenvalue weighted by Gasteiger charge is 2.15. The van der Waals surface area contributed by atoms with E-state index in [0.29, 0.717) is 20.6 Å². The quantitative estimate of drug-likeness (QED) is 0.426. The molecule has 0 aliphatic carbocycles. The fraction of sp³-hybridized carbons (Fsp3) is 0. The van der Waals surface area contributed by atoms with E-state index in [1.165, 1.54) is 11.3 Å². The molecule has 3 nitrogen and oxygen atoms in total. The number of anilines is 1. The molecule has 0 aliphatic rings. The molecule has 2 heterocycles. The zero-order chi connectivity index (χ0) is 18.1. The molecule has 0 atom stereocenters. The lowest BCUT2D eigenvalue weighted by atomic mass is 10.1. The molecule has 0 spiro atoms. The van der Waals surface area contributed by atoms with E-state index in [1.807, 2.05) is 36.4 Å². The van der Waals surface area contributed by atoms with Crippen LogP contribution in [0.1, 0.15) is 10.4 Å². The molecule has 0 bridgehead atoms. The monoisotopic (exact) mass is 398 g/mol. The lowest BCUT2D eigenvalue weighted by Gasteiger charge is -2.10. The molecule has 6 heteroatoms. The molecule has 1 N–H and O–H groups in total. The van der Waals surface area contributed by atoms with Crippen molar-refractivity contribution in [3.63, 3.8) is 0 Å². The van der Waals surface area contributed by atoms with Gasteiger partial charge in [0.05, 0.1) is 26.0 Å². The number of hydrogen-bond donors (Lipinski definition) is 1. The summed E-state index contributed by atoms with van der Waals surface area (Å²) in [6.45, 7) is 0. The Labute approximate surface area is 164 Å². The Morgan fingerprint density at radius 2 is 1.81 bits per heavy atom. The molecule has 0 saturated heterocycles. The summed E-state index contributed by atoms with van der Waals surface area (Å²) in [5, 5.41) is 4.26. The van der Waals surface area contributed by atoms with E-state index in [9.17, 15) is 4.79 Å². The third-order valence-electron chi connectivity index (χ3n) is 3.87. The van der Waals surface area contributed by atoms with Gasteiger partial charge in [-0.15, -0.1) is 11.3 Å². The number of nitrogens with one attached hydrogen (secondary N) is 1. The molecule has 4 aromatic rings. The number of para-hydroxylation sites is 1. The fourth-order valence-corrected chi connectivity index (χ4v) is 3.90. The number of carbonyl (C=O) groups is 1. The number of benzene rings is 2. The van der Waals surface area contributed by atoms with Crippen molar-refractivity contribution in [1.29, 1.82) is 0 Å². The van der Waals surface area contributed by atoms with Gasteiger partial charge in [0.2, 0.25) is 0 Å². The minimum absolute atomic E-state index is 0.213. The van der Waals surface area contributed by atoms with Gasteiger partial charge in [-0.3, -0.25) is 4.79 Å². The van der Waals surface area contributed by atoms with E-state index in [2.05, 4.69) is 10.3 Å². The van der Waals surface area contributed by atoms with Gasteiger partial charge in [-0.2, -0.15) is 0 Å². The van der Waals surface area contributed by atoms with Crippen LogP contribution in [0.15, 0.2) is 66.7 Å². The maximum atomic E-state index is 12.9. The number of halogens is 2. The minimum atomic E-state index is -0.213. The van der Waals surface area contributed by atoms with Crippen LogP contribution in [0.5, 0.6) is 0 Å². The van der Waals surface area contributed by atoms with Crippen LogP contribution in [-0.2, 0) is 0 Å². The third-order valence-corrected chi connectivity index (χ3v) is 5.36. The van der Waals surface area contributed by atoms with Crippen molar-refractivity contribution < 1.29 is 4.79 Å². The highest BCUT2D eigenvalue weighted by atomic mass is 35.5. The fourth-order valence-electron chi connectivity index (χ4n) is 2.71. The first-order valence-corrected chi connectivity index (χ1v) is 9.40. The summed E-state index contributed by atoms with van der Waals surface area (Å²) in [6.07, 6.45) is 0. The lowest BCUT2D eigenvalue weighted by Crippen LogP contribution is -2.13. The van der Waals surface area contributed by atoms with Gasteiger partial charge in [0, 0.05) is 16.1 Å². The van der Waals surface area contributed by atoms with Crippen LogP contribution in [0, 0.1) is 0 Å². The number of aromatic nitrogens is 1. The van der Waals surface area contributed by atoms with Gasteiger partial charge in [-0.05, 0) is 42.5 Å². The van der Waals surface area contributed by atoms with Crippen molar-refractivity contribution >= 4 is 57.0 Å². The van der Waals surface area contributed by atoms with Gasteiger partial charge < -0.3 is 5.32 Å². The van der Waals surface area contributed by atoms with Gasteiger partial charge in [-0.25, -0.2) is 4.98 Å². The van der Waals surface area contributed by atoms with Crippen molar-refractivity contribution in [2.45, 2.75) is 0 Å². The summed E-state index contributed by atoms with van der Waals surface area (Å²) in [5.74, 6) is -0.213. The topological polar surface area (TPSA) is 42.0 Å². The number of nitrogens with zero attached hydrogens (tertiary/aromatic N) is 1. The molecule has 0 radical (unpaired) electrons. The van der Waals surface area contributed by atoms with E-state index in [-0.39, 0.29) is 5.91 Å². The molecule has 2 aromatic carbocycles. The van der Waals surface area contributed by atoms with Gasteiger partial charge in [0.15, 0.2) is 0 Å². The van der Waals surface area contributed by atoms with Crippen LogP contribution >= 0.6 is 34.5 Å². The van der Waals surface area contributed by atoms with Gasteiger partial charge in [0.1, 0.15) is 0 Å². The van der Waals surface area contributed by atoms with Crippen LogP contribution in [0.2, 0.25) is 9.36 Å². The van der Waals surface area contributed by atoms with Crippen molar-refractivity contribution in [1.82, 2.24) is 4.98 Å². The number of carbonyl (C=O) groups excluding carboxylic acids is 1. The second-order valence-corrected chi connectivity index (χ2v) is 7.79. The molecule has 26 heavy (non-hydrogen) atoms. The number of fused-ring (bicyclic) bond motifs is 1. The SMILES string of the molecule is O=C(Nc1cccc(Cl)c1)c1cc(-c2ccc(Cl)s2)nc2ccccc12. The lowest BCUT2D eigenvalue weighted by molar-refractivity contribution is 0.102. The Morgan fingerprint density at radius 1 is 0.962 bits per heavy atom. The van der Waals surface area contributed by atoms with Crippen molar-refractivity contribution in [3.8, 4) is 10.6 Å². The molecule has 1 amide bonds. The number of hydrogen-bond acceptors (Lipinski definition) is 3. The largest absolute Gasteiger partial charge is 0.322 e. The normalized spacial score (nSPS) is 10.8. The van der Waals surface area contributed by atoms with Gasteiger partial charge in [-0.1, -0.05) is 47.5 Å². The van der Waals surface area contributed by atoms with E-state index in [0.717, 1.165) is 21.5 Å². The van der Waals surface area contributed by atoms with E-state index in [4.69, 9.17) is 23.2 Å². The van der Waals surface area contributed by atoms with Crippen LogP contribution in [-0.4, -0.2) is 10.9 Å². The van der Waals surface area contributed by atoms with Crippen LogP contribution in [0.4, 0.5) is 5.69 Å². The van der Waals surface area contributed by atoms with E-state index in [1.54, 1.807) is 30.3 Å². The molecule has 0 aliphatic heterocycles. The predicted octanol–water partition coefficient (Wildman–Crippen LogP) is 6.52. The van der Waals surface area contributed by atoms with Crippen LogP contribution < -0.4 is 5.32 Å². The average molecular weight is 399 g/mol. The Bertz CT molecular complexity index is 1120. The van der Waals surface area contributed by atoms with Crippen molar-refractivity contribution in [2.75, 3.05) is 5.32 Å². The maximum absolute atomic E-state index is 12.9. The smallest absolute Gasteiger partial charge is 0.256 e. The highest BCUT2D eigenvalue weighted by molar-refractivity contribution is 7.19. The second-order valence-electron chi connectivity index (χ2n) is 5.64. The van der Waals surface area contributed by atoms with Crippen LogP contribution in [0.25, 0.3) is 21.5 Å². The molecule has 0 saturated carbocycles. The number of rotatable bonds is 3. The summed E-state index contributed by atoms with van der Waals surface area (Å²) in [5.41, 5.74) is 2.67. The van der Waals surface area contributed by atoms with Gasteiger partial charge in [0.25, 0.3) is 5.91 Å². The van der Waals surface area contributed by atoms with E-state index >= 15 is 0 Å². The Kier molecular flexibility index (Phi) is 4.64. The van der Waals surface area contributed by atoms with Crippen molar-refractivity contribution in [3.05, 3.63) is 81.7 Å². The zero-order valence-corrected chi connectivity index (χ0v) is 15.7. The molecular formula is C20H12Cl2N2OS. The molecule has 128 valence electrons. The molecule has 0 unspecified atom stereocenters. The summed E-state index contributed by atoms with van der Waals surface area (Å²) >= 11 is 13.5. The second kappa shape index (κ2) is 7.08. The maximum Gasteiger partial charge on any atom is 0.256 e. The standard InChI is InChI=1S/C20H12Cl2N2OS/c21-12-4-3-5-13(10-12)23-20(25)15-11-17(18-8-9-19(22)26-18)24-16-7-2-1-6-14(15)16/h1-11H,(H,23,25). The first kappa shape index (κ1) is 17.0. The van der Waals surface area contributed by atoms with Crippen molar-refractivity contribution in [2.24, 2.45) is 0 Å². The molecule has 0 fully saturated rings. The molecule has 2 aromatic heterocycles. The Morgan fingerprint density at radius 3 is 2.58 bits per heavy atom. The first-order valence-electron chi connectivity index (χ1n) is 7.82. The third kappa shape index (κ3) is 3.44. The predicted molar refractivity (Wildman–Crippen MR) is 109 cm³/mol. The molecule has 4 rings (SSSR count).